The van der Waals surface area contributed by atoms with Gasteiger partial charge in [-0.2, -0.15) is 0 Å². The molecule has 0 heterocycles. The van der Waals surface area contributed by atoms with Crippen molar-refractivity contribution in [2.45, 2.75) is 26.8 Å². The molecule has 19 heavy (non-hydrogen) atoms. The van der Waals surface area contributed by atoms with Gasteiger partial charge < -0.3 is 14.8 Å². The van der Waals surface area contributed by atoms with E-state index in [0.717, 1.165) is 11.3 Å². The van der Waals surface area contributed by atoms with Crippen LogP contribution < -0.4 is 10.1 Å². The van der Waals surface area contributed by atoms with Gasteiger partial charge in [-0.25, -0.2) is 0 Å². The molecule has 1 atom stereocenters. The van der Waals surface area contributed by atoms with Crippen molar-refractivity contribution in [1.29, 1.82) is 0 Å². The number of methoxy groups -OCH3 is 2. The Morgan fingerprint density at radius 1 is 1.32 bits per heavy atom. The Bertz CT molecular complexity index is 429. The summed E-state index contributed by atoms with van der Waals surface area (Å²) in [4.78, 5) is 11.6. The Hall–Kier alpha value is -1.55. The lowest BCUT2D eigenvalue weighted by atomic mass is 9.93. The average Bonchev–Trinajstić information content (AvgIpc) is 2.43. The summed E-state index contributed by atoms with van der Waals surface area (Å²) >= 11 is 0. The van der Waals surface area contributed by atoms with Crippen molar-refractivity contribution in [1.82, 2.24) is 5.32 Å². The highest BCUT2D eigenvalue weighted by atomic mass is 16.5. The van der Waals surface area contributed by atoms with E-state index in [2.05, 4.69) is 5.32 Å². The van der Waals surface area contributed by atoms with Crippen molar-refractivity contribution in [3.05, 3.63) is 29.8 Å². The van der Waals surface area contributed by atoms with Crippen LogP contribution in [-0.2, 0) is 9.53 Å². The molecule has 0 spiro atoms. The van der Waals surface area contributed by atoms with Gasteiger partial charge in [-0.05, 0) is 26.8 Å². The summed E-state index contributed by atoms with van der Waals surface area (Å²) in [7, 11) is 3.07. The van der Waals surface area contributed by atoms with Crippen LogP contribution in [0.5, 0.6) is 5.75 Å². The highest BCUT2D eigenvalue weighted by Gasteiger charge is 2.29. The number of hydrogen-bond donors (Lipinski definition) is 1. The Morgan fingerprint density at radius 3 is 2.53 bits per heavy atom. The molecule has 1 aromatic rings. The summed E-state index contributed by atoms with van der Waals surface area (Å²) in [6.45, 7) is 6.31. The summed E-state index contributed by atoms with van der Waals surface area (Å²) in [6, 6.07) is 7.95. The Balaban J connectivity index is 2.70. The van der Waals surface area contributed by atoms with Crippen LogP contribution >= 0.6 is 0 Å². The highest BCUT2D eigenvalue weighted by molar-refractivity contribution is 5.76. The van der Waals surface area contributed by atoms with E-state index >= 15 is 0 Å². The van der Waals surface area contributed by atoms with Gasteiger partial charge in [0.1, 0.15) is 5.75 Å². The maximum atomic E-state index is 11.6. The van der Waals surface area contributed by atoms with Crippen LogP contribution in [0.3, 0.4) is 0 Å². The number of carbonyl (C=O) groups is 1. The Kier molecular flexibility index (Phi) is 5.36. The van der Waals surface area contributed by atoms with Gasteiger partial charge in [-0.1, -0.05) is 18.2 Å². The molecular weight excluding hydrogens is 242 g/mol. The van der Waals surface area contributed by atoms with Gasteiger partial charge in [0, 0.05) is 18.2 Å². The van der Waals surface area contributed by atoms with E-state index in [0.29, 0.717) is 6.54 Å². The number of rotatable bonds is 6. The van der Waals surface area contributed by atoms with Crippen LogP contribution in [0, 0.1) is 5.41 Å². The smallest absolute Gasteiger partial charge is 0.312 e. The molecule has 0 saturated carbocycles. The van der Waals surface area contributed by atoms with E-state index in [1.807, 2.05) is 45.0 Å². The van der Waals surface area contributed by atoms with E-state index in [4.69, 9.17) is 9.47 Å². The molecular formula is C15H23NO3. The molecule has 0 saturated heterocycles. The summed E-state index contributed by atoms with van der Waals surface area (Å²) in [5.41, 5.74) is 0.524. The maximum Gasteiger partial charge on any atom is 0.312 e. The van der Waals surface area contributed by atoms with E-state index < -0.39 is 5.41 Å². The largest absolute Gasteiger partial charge is 0.496 e. The van der Waals surface area contributed by atoms with Crippen LogP contribution in [0.25, 0.3) is 0 Å². The molecule has 0 aromatic heterocycles. The van der Waals surface area contributed by atoms with Crippen LogP contribution in [0.2, 0.25) is 0 Å². The fourth-order valence-corrected chi connectivity index (χ4v) is 1.89. The summed E-state index contributed by atoms with van der Waals surface area (Å²) in [5, 5.41) is 3.35. The van der Waals surface area contributed by atoms with Crippen molar-refractivity contribution in [3.63, 3.8) is 0 Å². The molecule has 4 nitrogen and oxygen atoms in total. The second-order valence-electron chi connectivity index (χ2n) is 5.22. The number of carbonyl (C=O) groups excluding carboxylic acids is 1. The first-order chi connectivity index (χ1) is 8.92. The number of ether oxygens (including phenoxy) is 2. The first-order valence-electron chi connectivity index (χ1n) is 6.37. The summed E-state index contributed by atoms with van der Waals surface area (Å²) in [5.74, 6) is 0.630. The number of nitrogens with one attached hydrogen (secondary N) is 1. The van der Waals surface area contributed by atoms with Crippen LogP contribution in [0.15, 0.2) is 24.3 Å². The lowest BCUT2D eigenvalue weighted by Gasteiger charge is -2.25. The number of benzene rings is 1. The van der Waals surface area contributed by atoms with Gasteiger partial charge in [0.2, 0.25) is 0 Å². The van der Waals surface area contributed by atoms with Crippen molar-refractivity contribution < 1.29 is 14.3 Å². The number of para-hydroxylation sites is 1. The quantitative estimate of drug-likeness (QED) is 0.803. The van der Waals surface area contributed by atoms with Crippen molar-refractivity contribution >= 4 is 5.97 Å². The van der Waals surface area contributed by atoms with Gasteiger partial charge in [0.05, 0.1) is 19.6 Å². The third-order valence-corrected chi connectivity index (χ3v) is 3.19. The minimum absolute atomic E-state index is 0.0973. The van der Waals surface area contributed by atoms with Gasteiger partial charge in [-0.3, -0.25) is 4.79 Å². The van der Waals surface area contributed by atoms with E-state index in [9.17, 15) is 4.79 Å². The van der Waals surface area contributed by atoms with E-state index in [1.165, 1.54) is 7.11 Å². The normalized spacial score (nSPS) is 12.9. The Labute approximate surface area is 115 Å². The predicted octanol–water partition coefficient (Wildman–Crippen LogP) is 2.55. The third-order valence-electron chi connectivity index (χ3n) is 3.19. The van der Waals surface area contributed by atoms with Crippen molar-refractivity contribution in [2.75, 3.05) is 20.8 Å². The first-order valence-corrected chi connectivity index (χ1v) is 6.37. The minimum atomic E-state index is -0.551. The predicted molar refractivity (Wildman–Crippen MR) is 75.2 cm³/mol. The second-order valence-corrected chi connectivity index (χ2v) is 5.22. The Morgan fingerprint density at radius 2 is 1.95 bits per heavy atom. The summed E-state index contributed by atoms with van der Waals surface area (Å²) < 4.78 is 10.1. The molecule has 0 fully saturated rings. The topological polar surface area (TPSA) is 47.6 Å². The molecule has 0 aliphatic heterocycles. The number of hydrogen-bond acceptors (Lipinski definition) is 4. The molecule has 0 amide bonds. The molecule has 1 rings (SSSR count). The lowest BCUT2D eigenvalue weighted by Crippen LogP contribution is -2.38. The van der Waals surface area contributed by atoms with Crippen LogP contribution in [-0.4, -0.2) is 26.7 Å². The molecule has 1 N–H and O–H groups in total. The highest BCUT2D eigenvalue weighted by Crippen LogP contribution is 2.25. The maximum absolute atomic E-state index is 11.6. The van der Waals surface area contributed by atoms with Gasteiger partial charge in [-0.15, -0.1) is 0 Å². The zero-order valence-corrected chi connectivity index (χ0v) is 12.3. The molecule has 1 aromatic carbocycles. The third kappa shape index (κ3) is 3.96. The SMILES string of the molecule is COC(=O)C(C)(C)CN[C@@H](C)c1ccccc1OC. The van der Waals surface area contributed by atoms with E-state index in [1.54, 1.807) is 7.11 Å². The van der Waals surface area contributed by atoms with E-state index in [-0.39, 0.29) is 12.0 Å². The van der Waals surface area contributed by atoms with Gasteiger partial charge in [0.15, 0.2) is 0 Å². The minimum Gasteiger partial charge on any atom is -0.496 e. The molecule has 0 bridgehead atoms. The average molecular weight is 265 g/mol. The molecule has 0 radical (unpaired) electrons. The fourth-order valence-electron chi connectivity index (χ4n) is 1.89. The zero-order chi connectivity index (χ0) is 14.5. The standard InChI is InChI=1S/C15H23NO3/c1-11(12-8-6-7-9-13(12)18-4)16-10-15(2,3)14(17)19-5/h6-9,11,16H,10H2,1-5H3/t11-/m0/s1. The number of esters is 1. The molecule has 0 aliphatic rings. The molecule has 4 heteroatoms. The van der Waals surface area contributed by atoms with Gasteiger partial charge >= 0.3 is 5.97 Å². The fraction of sp³-hybridized carbons (Fsp3) is 0.533. The van der Waals surface area contributed by atoms with Crippen molar-refractivity contribution in [3.8, 4) is 5.75 Å². The van der Waals surface area contributed by atoms with Crippen LogP contribution in [0.1, 0.15) is 32.4 Å². The zero-order valence-electron chi connectivity index (χ0n) is 12.3. The van der Waals surface area contributed by atoms with Gasteiger partial charge in [0.25, 0.3) is 0 Å². The lowest BCUT2D eigenvalue weighted by molar-refractivity contribution is -0.150. The molecule has 0 aliphatic carbocycles. The summed E-state index contributed by atoms with van der Waals surface area (Å²) in [6.07, 6.45) is 0. The van der Waals surface area contributed by atoms with Crippen molar-refractivity contribution in [2.24, 2.45) is 5.41 Å². The van der Waals surface area contributed by atoms with Crippen LogP contribution in [0.4, 0.5) is 0 Å². The monoisotopic (exact) mass is 265 g/mol. The molecule has 106 valence electrons. The first kappa shape index (κ1) is 15.5. The molecule has 0 unspecified atom stereocenters. The second kappa shape index (κ2) is 6.57.